The number of ether oxygens (including phenoxy) is 3. The van der Waals surface area contributed by atoms with Gasteiger partial charge in [-0.2, -0.15) is 14.6 Å². The summed E-state index contributed by atoms with van der Waals surface area (Å²) in [5.74, 6) is -1.40. The van der Waals surface area contributed by atoms with E-state index >= 15 is 0 Å². The standard InChI is InChI=1S/C26H27Cl2N7O8/c1-12(2)15-9-19(33-34(22(15)37)11-41-23(38)13(3)30-25(40)43-26(4,5)6)42-20-16(27)7-14(8-17(20)28)35-24(39)31-21(36)18(10-29)32-35/h7-9,12-13H,11H2,1-6H3,(H,30,40)(H,31,36,39). The number of nitrogens with zero attached hydrogens (tertiary/aromatic N) is 5. The van der Waals surface area contributed by atoms with Gasteiger partial charge in [-0.05, 0) is 45.7 Å². The van der Waals surface area contributed by atoms with E-state index in [-0.39, 0.29) is 38.8 Å². The van der Waals surface area contributed by atoms with Crippen LogP contribution in [0.2, 0.25) is 10.0 Å². The van der Waals surface area contributed by atoms with Crippen molar-refractivity contribution in [2.24, 2.45) is 0 Å². The first kappa shape index (κ1) is 32.8. The molecular formula is C26H27Cl2N7O8. The van der Waals surface area contributed by atoms with Gasteiger partial charge in [0.05, 0.1) is 15.7 Å². The van der Waals surface area contributed by atoms with Crippen molar-refractivity contribution in [2.75, 3.05) is 0 Å². The number of aromatic amines is 1. The van der Waals surface area contributed by atoms with Crippen molar-refractivity contribution in [1.29, 1.82) is 5.26 Å². The number of esters is 1. The molecule has 0 fully saturated rings. The largest absolute Gasteiger partial charge is 0.444 e. The topological polar surface area (TPSA) is 200 Å². The van der Waals surface area contributed by atoms with E-state index in [4.69, 9.17) is 42.7 Å². The van der Waals surface area contributed by atoms with E-state index in [9.17, 15) is 24.0 Å². The number of hydrogen-bond donors (Lipinski definition) is 2. The van der Waals surface area contributed by atoms with E-state index in [0.29, 0.717) is 0 Å². The second kappa shape index (κ2) is 13.1. The van der Waals surface area contributed by atoms with Gasteiger partial charge < -0.3 is 19.5 Å². The van der Waals surface area contributed by atoms with Gasteiger partial charge in [-0.15, -0.1) is 10.2 Å². The van der Waals surface area contributed by atoms with Crippen molar-refractivity contribution in [3.05, 3.63) is 70.7 Å². The highest BCUT2D eigenvalue weighted by Gasteiger charge is 2.23. The zero-order valence-electron chi connectivity index (χ0n) is 23.9. The maximum absolute atomic E-state index is 13.0. The molecule has 15 nitrogen and oxygen atoms in total. The molecule has 0 saturated heterocycles. The summed E-state index contributed by atoms with van der Waals surface area (Å²) >= 11 is 12.8. The van der Waals surface area contributed by atoms with Crippen LogP contribution in [0.1, 0.15) is 58.7 Å². The van der Waals surface area contributed by atoms with Gasteiger partial charge in [0.25, 0.3) is 11.1 Å². The molecule has 1 atom stereocenters. The molecule has 2 aromatic heterocycles. The third-order valence-electron chi connectivity index (χ3n) is 5.39. The van der Waals surface area contributed by atoms with Crippen molar-refractivity contribution >= 4 is 35.3 Å². The summed E-state index contributed by atoms with van der Waals surface area (Å²) in [6, 6.07) is 4.34. The van der Waals surface area contributed by atoms with Gasteiger partial charge in [-0.3, -0.25) is 14.6 Å². The highest BCUT2D eigenvalue weighted by molar-refractivity contribution is 6.37. The van der Waals surface area contributed by atoms with Gasteiger partial charge in [0.15, 0.2) is 12.5 Å². The number of amides is 1. The first-order chi connectivity index (χ1) is 20.0. The van der Waals surface area contributed by atoms with Crippen LogP contribution in [0, 0.1) is 11.3 Å². The Labute approximate surface area is 253 Å². The van der Waals surface area contributed by atoms with Crippen LogP contribution in [0.3, 0.4) is 0 Å². The molecule has 0 radical (unpaired) electrons. The molecule has 0 bridgehead atoms. The molecule has 0 aliphatic carbocycles. The molecule has 0 saturated carbocycles. The number of hydrogen-bond acceptors (Lipinski definition) is 11. The van der Waals surface area contributed by atoms with Crippen LogP contribution in [0.25, 0.3) is 5.69 Å². The lowest BCUT2D eigenvalue weighted by Crippen LogP contribution is -2.43. The molecule has 1 unspecified atom stereocenters. The van der Waals surface area contributed by atoms with Gasteiger partial charge in [-0.25, -0.2) is 14.4 Å². The SMILES string of the molecule is CC(NC(=O)OC(C)(C)C)C(=O)OCn1nc(Oc2c(Cl)cc(-n3nc(C#N)c(=O)[nH]c3=O)cc2Cl)cc(C(C)C)c1=O. The van der Waals surface area contributed by atoms with E-state index < -0.39 is 52.9 Å². The van der Waals surface area contributed by atoms with Crippen LogP contribution >= 0.6 is 23.2 Å². The Bertz CT molecular complexity index is 1760. The minimum absolute atomic E-state index is 0.0157. The number of nitriles is 1. The summed E-state index contributed by atoms with van der Waals surface area (Å²) in [6.45, 7) is 9.27. The normalized spacial score (nSPS) is 11.9. The first-order valence-electron chi connectivity index (χ1n) is 12.6. The number of rotatable bonds is 8. The minimum Gasteiger partial charge on any atom is -0.444 e. The van der Waals surface area contributed by atoms with Gasteiger partial charge in [0.1, 0.15) is 17.7 Å². The quantitative estimate of drug-likeness (QED) is 0.344. The van der Waals surface area contributed by atoms with Gasteiger partial charge in [-0.1, -0.05) is 37.0 Å². The van der Waals surface area contributed by atoms with Crippen molar-refractivity contribution in [3.63, 3.8) is 0 Å². The summed E-state index contributed by atoms with van der Waals surface area (Å²) in [6.07, 6.45) is -0.823. The summed E-state index contributed by atoms with van der Waals surface area (Å²) in [4.78, 5) is 63.3. The molecule has 2 N–H and O–H groups in total. The lowest BCUT2D eigenvalue weighted by Gasteiger charge is -2.21. The maximum atomic E-state index is 13.0. The fourth-order valence-electron chi connectivity index (χ4n) is 3.40. The highest BCUT2D eigenvalue weighted by atomic mass is 35.5. The molecule has 0 spiro atoms. The number of H-pyrrole nitrogens is 1. The first-order valence-corrected chi connectivity index (χ1v) is 13.4. The number of alkyl carbamates (subject to hydrolysis) is 1. The van der Waals surface area contributed by atoms with Crippen LogP contribution in [-0.2, 0) is 21.0 Å². The number of carbonyl (C=O) groups is 2. The van der Waals surface area contributed by atoms with E-state index in [1.807, 2.05) is 4.98 Å². The van der Waals surface area contributed by atoms with E-state index in [2.05, 4.69) is 15.5 Å². The molecule has 2 heterocycles. The second-order valence-electron chi connectivity index (χ2n) is 10.3. The summed E-state index contributed by atoms with van der Waals surface area (Å²) in [5, 5.41) is 19.0. The highest BCUT2D eigenvalue weighted by Crippen LogP contribution is 2.37. The third-order valence-corrected chi connectivity index (χ3v) is 5.95. The van der Waals surface area contributed by atoms with Crippen molar-refractivity contribution in [2.45, 2.75) is 65.8 Å². The Morgan fingerprint density at radius 1 is 1.09 bits per heavy atom. The average Bonchev–Trinajstić information content (AvgIpc) is 2.89. The van der Waals surface area contributed by atoms with Gasteiger partial charge in [0, 0.05) is 11.6 Å². The van der Waals surface area contributed by atoms with Crippen molar-refractivity contribution < 1.29 is 23.8 Å². The van der Waals surface area contributed by atoms with Crippen molar-refractivity contribution in [1.82, 2.24) is 29.9 Å². The number of carbonyl (C=O) groups excluding carboxylic acids is 2. The number of nitrogens with one attached hydrogen (secondary N) is 2. The van der Waals surface area contributed by atoms with Gasteiger partial charge >= 0.3 is 17.8 Å². The lowest BCUT2D eigenvalue weighted by molar-refractivity contribution is -0.150. The predicted octanol–water partition coefficient (Wildman–Crippen LogP) is 2.99. The Kier molecular flexibility index (Phi) is 10.00. The summed E-state index contributed by atoms with van der Waals surface area (Å²) < 4.78 is 17.7. The number of aromatic nitrogens is 5. The van der Waals surface area contributed by atoms with E-state index in [0.717, 1.165) is 9.36 Å². The molecular weight excluding hydrogens is 609 g/mol. The predicted molar refractivity (Wildman–Crippen MR) is 153 cm³/mol. The van der Waals surface area contributed by atoms with Gasteiger partial charge in [0.2, 0.25) is 11.6 Å². The zero-order chi connectivity index (χ0) is 32.2. The van der Waals surface area contributed by atoms with Crippen molar-refractivity contribution in [3.8, 4) is 23.4 Å². The lowest BCUT2D eigenvalue weighted by atomic mass is 10.1. The number of halogens is 2. The maximum Gasteiger partial charge on any atom is 0.408 e. The molecule has 17 heteroatoms. The molecule has 3 aromatic rings. The Morgan fingerprint density at radius 3 is 2.28 bits per heavy atom. The molecule has 0 aliphatic heterocycles. The fourth-order valence-corrected chi connectivity index (χ4v) is 3.95. The van der Waals surface area contributed by atoms with Crippen LogP contribution in [0.4, 0.5) is 4.79 Å². The third kappa shape index (κ3) is 8.21. The summed E-state index contributed by atoms with van der Waals surface area (Å²) in [5.41, 5.74) is -3.52. The van der Waals surface area contributed by atoms with Crippen LogP contribution < -0.4 is 26.9 Å². The Balaban J connectivity index is 1.88. The minimum atomic E-state index is -1.10. The summed E-state index contributed by atoms with van der Waals surface area (Å²) in [7, 11) is 0. The Morgan fingerprint density at radius 2 is 1.72 bits per heavy atom. The average molecular weight is 636 g/mol. The zero-order valence-corrected chi connectivity index (χ0v) is 25.4. The number of benzene rings is 1. The van der Waals surface area contributed by atoms with E-state index in [1.165, 1.54) is 25.1 Å². The van der Waals surface area contributed by atoms with Crippen LogP contribution in [-0.4, -0.2) is 48.3 Å². The molecule has 228 valence electrons. The molecule has 3 rings (SSSR count). The van der Waals surface area contributed by atoms with Crippen LogP contribution in [0.15, 0.2) is 32.6 Å². The smallest absolute Gasteiger partial charge is 0.408 e. The van der Waals surface area contributed by atoms with Crippen LogP contribution in [0.5, 0.6) is 11.6 Å². The fraction of sp³-hybridized carbons (Fsp3) is 0.385. The molecule has 43 heavy (non-hydrogen) atoms. The van der Waals surface area contributed by atoms with E-state index in [1.54, 1.807) is 40.7 Å². The molecule has 1 amide bonds. The second-order valence-corrected chi connectivity index (χ2v) is 11.1. The molecule has 0 aliphatic rings. The Hall–Kier alpha value is -4.68. The molecule has 1 aromatic carbocycles. The monoisotopic (exact) mass is 635 g/mol.